The molecule has 28 heavy (non-hydrogen) atoms. The van der Waals surface area contributed by atoms with Crippen molar-refractivity contribution in [2.24, 2.45) is 0 Å². The molecule has 0 unspecified atom stereocenters. The van der Waals surface area contributed by atoms with Crippen molar-refractivity contribution < 1.29 is 21.6 Å². The lowest BCUT2D eigenvalue weighted by Crippen LogP contribution is -2.33. The Morgan fingerprint density at radius 1 is 1.11 bits per heavy atom. The Hall–Kier alpha value is -2.17. The fourth-order valence-corrected chi connectivity index (χ4v) is 4.91. The van der Waals surface area contributed by atoms with Crippen LogP contribution in [-0.2, 0) is 16.6 Å². The van der Waals surface area contributed by atoms with Crippen LogP contribution in [0.15, 0.2) is 56.2 Å². The molecule has 0 radical (unpaired) electrons. The molecule has 0 N–H and O–H groups in total. The van der Waals surface area contributed by atoms with Crippen molar-refractivity contribution in [1.82, 2.24) is 14.5 Å². The van der Waals surface area contributed by atoms with Crippen molar-refractivity contribution >= 4 is 26.0 Å². The maximum Gasteiger partial charge on any atom is 0.248 e. The Labute approximate surface area is 168 Å². The zero-order valence-electron chi connectivity index (χ0n) is 14.3. The molecule has 1 fully saturated rings. The lowest BCUT2D eigenvalue weighted by molar-refractivity contribution is 0.350. The maximum atomic E-state index is 13.5. The first-order valence-electron chi connectivity index (χ1n) is 8.40. The Morgan fingerprint density at radius 3 is 2.43 bits per heavy atom. The monoisotopic (exact) mass is 469 g/mol. The second-order valence-electron chi connectivity index (χ2n) is 6.37. The molecule has 1 heterocycles. The van der Waals surface area contributed by atoms with E-state index in [1.807, 2.05) is 18.2 Å². The number of rotatable bonds is 6. The molecule has 0 aliphatic heterocycles. The lowest BCUT2D eigenvalue weighted by atomic mass is 10.2. The van der Waals surface area contributed by atoms with Crippen LogP contribution in [-0.4, -0.2) is 29.0 Å². The summed E-state index contributed by atoms with van der Waals surface area (Å²) in [6, 6.07) is 9.21. The quantitative estimate of drug-likeness (QED) is 0.542. The van der Waals surface area contributed by atoms with Crippen molar-refractivity contribution in [3.63, 3.8) is 0 Å². The summed E-state index contributed by atoms with van der Waals surface area (Å²) in [7, 11) is -4.13. The van der Waals surface area contributed by atoms with Crippen LogP contribution in [0.4, 0.5) is 8.78 Å². The predicted molar refractivity (Wildman–Crippen MR) is 99.5 cm³/mol. The fraction of sp³-hybridized carbons (Fsp3) is 0.222. The number of aromatic nitrogens is 2. The van der Waals surface area contributed by atoms with Gasteiger partial charge in [-0.15, -0.1) is 10.2 Å². The van der Waals surface area contributed by atoms with E-state index in [0.29, 0.717) is 24.5 Å². The molecule has 6 nitrogen and oxygen atoms in total. The van der Waals surface area contributed by atoms with Crippen LogP contribution < -0.4 is 0 Å². The summed E-state index contributed by atoms with van der Waals surface area (Å²) in [5, 5.41) is 7.91. The third-order valence-electron chi connectivity index (χ3n) is 4.26. The van der Waals surface area contributed by atoms with Crippen LogP contribution in [0.1, 0.15) is 18.7 Å². The van der Waals surface area contributed by atoms with Crippen molar-refractivity contribution in [2.75, 3.05) is 0 Å². The molecule has 146 valence electrons. The second kappa shape index (κ2) is 7.34. The van der Waals surface area contributed by atoms with E-state index in [2.05, 4.69) is 26.1 Å². The van der Waals surface area contributed by atoms with E-state index in [0.717, 1.165) is 20.9 Å². The number of sulfonamides is 1. The van der Waals surface area contributed by atoms with Gasteiger partial charge in [0.05, 0.1) is 17.0 Å². The largest absolute Gasteiger partial charge is 0.419 e. The molecule has 1 aromatic heterocycles. The van der Waals surface area contributed by atoms with Crippen molar-refractivity contribution in [1.29, 1.82) is 0 Å². The van der Waals surface area contributed by atoms with E-state index < -0.39 is 26.6 Å². The Bertz CT molecular complexity index is 1110. The van der Waals surface area contributed by atoms with Gasteiger partial charge < -0.3 is 4.42 Å². The highest BCUT2D eigenvalue weighted by Crippen LogP contribution is 2.34. The standard InChI is InChI=1S/C18H14BrF2N3O3S/c19-16-4-2-1-3-15(16)18-23-22-17(27-18)10-24(13-5-6-13)28(25,26)14-8-11(20)7-12(21)9-14/h1-4,7-9,13H,5-6,10H2. The van der Waals surface area contributed by atoms with Gasteiger partial charge in [-0.05, 0) is 53.0 Å². The van der Waals surface area contributed by atoms with Crippen LogP contribution in [0.5, 0.6) is 0 Å². The molecule has 0 bridgehead atoms. The summed E-state index contributed by atoms with van der Waals surface area (Å²) in [6.45, 7) is -0.178. The summed E-state index contributed by atoms with van der Waals surface area (Å²) in [6.07, 6.45) is 1.31. The van der Waals surface area contributed by atoms with Crippen LogP contribution in [0.25, 0.3) is 11.5 Å². The molecule has 10 heteroatoms. The average molecular weight is 470 g/mol. The highest BCUT2D eigenvalue weighted by Gasteiger charge is 2.39. The number of halogens is 3. The molecule has 0 spiro atoms. The molecular formula is C18H14BrF2N3O3S. The van der Waals surface area contributed by atoms with Crippen molar-refractivity contribution in [2.45, 2.75) is 30.3 Å². The Kier molecular flexibility index (Phi) is 5.02. The van der Waals surface area contributed by atoms with E-state index in [1.165, 1.54) is 0 Å². The van der Waals surface area contributed by atoms with E-state index in [4.69, 9.17) is 4.42 Å². The van der Waals surface area contributed by atoms with Crippen LogP contribution in [0.2, 0.25) is 0 Å². The first-order chi connectivity index (χ1) is 13.3. The smallest absolute Gasteiger partial charge is 0.248 e. The first kappa shape index (κ1) is 19.2. The molecule has 2 aromatic carbocycles. The Balaban J connectivity index is 1.64. The average Bonchev–Trinajstić information content (AvgIpc) is 3.37. The van der Waals surface area contributed by atoms with Gasteiger partial charge in [0.1, 0.15) is 11.6 Å². The molecular weight excluding hydrogens is 456 g/mol. The third kappa shape index (κ3) is 3.85. The molecule has 0 atom stereocenters. The minimum absolute atomic E-state index is 0.0955. The summed E-state index contributed by atoms with van der Waals surface area (Å²) < 4.78 is 60.5. The maximum absolute atomic E-state index is 13.5. The molecule has 0 saturated heterocycles. The summed E-state index contributed by atoms with van der Waals surface area (Å²) in [4.78, 5) is -0.442. The van der Waals surface area contributed by atoms with Gasteiger partial charge >= 0.3 is 0 Å². The first-order valence-corrected chi connectivity index (χ1v) is 10.6. The molecule has 3 aromatic rings. The highest BCUT2D eigenvalue weighted by atomic mass is 79.9. The minimum atomic E-state index is -4.13. The fourth-order valence-electron chi connectivity index (χ4n) is 2.78. The van der Waals surface area contributed by atoms with Gasteiger partial charge in [-0.25, -0.2) is 17.2 Å². The molecule has 1 aliphatic rings. The van der Waals surface area contributed by atoms with E-state index in [1.54, 1.807) is 6.07 Å². The number of hydrogen-bond donors (Lipinski definition) is 0. The molecule has 1 aliphatic carbocycles. The van der Waals surface area contributed by atoms with Gasteiger partial charge in [0.2, 0.25) is 21.8 Å². The van der Waals surface area contributed by atoms with Gasteiger partial charge in [0.25, 0.3) is 0 Å². The zero-order chi connectivity index (χ0) is 19.9. The molecule has 1 saturated carbocycles. The van der Waals surface area contributed by atoms with Crippen LogP contribution in [0, 0.1) is 11.6 Å². The van der Waals surface area contributed by atoms with Crippen LogP contribution in [0.3, 0.4) is 0 Å². The van der Waals surface area contributed by atoms with Crippen molar-refractivity contribution in [3.05, 3.63) is 64.5 Å². The van der Waals surface area contributed by atoms with E-state index in [-0.39, 0.29) is 24.4 Å². The predicted octanol–water partition coefficient (Wildman–Crippen LogP) is 4.13. The van der Waals surface area contributed by atoms with Crippen molar-refractivity contribution in [3.8, 4) is 11.5 Å². The van der Waals surface area contributed by atoms with Crippen LogP contribution >= 0.6 is 15.9 Å². The van der Waals surface area contributed by atoms with Gasteiger partial charge in [-0.2, -0.15) is 4.31 Å². The SMILES string of the molecule is O=S(=O)(c1cc(F)cc(F)c1)N(Cc1nnc(-c2ccccc2Br)o1)C1CC1. The zero-order valence-corrected chi connectivity index (χ0v) is 16.8. The summed E-state index contributed by atoms with van der Waals surface area (Å²) >= 11 is 3.40. The van der Waals surface area contributed by atoms with Gasteiger partial charge in [0, 0.05) is 16.6 Å². The van der Waals surface area contributed by atoms with E-state index in [9.17, 15) is 17.2 Å². The van der Waals surface area contributed by atoms with Gasteiger partial charge in [-0.3, -0.25) is 0 Å². The van der Waals surface area contributed by atoms with Gasteiger partial charge in [-0.1, -0.05) is 12.1 Å². The topological polar surface area (TPSA) is 76.3 Å². The number of benzene rings is 2. The normalized spacial score (nSPS) is 14.6. The molecule has 0 amide bonds. The summed E-state index contributed by atoms with van der Waals surface area (Å²) in [5.74, 6) is -1.57. The van der Waals surface area contributed by atoms with E-state index >= 15 is 0 Å². The highest BCUT2D eigenvalue weighted by molar-refractivity contribution is 9.10. The summed E-state index contributed by atoms with van der Waals surface area (Å²) in [5.41, 5.74) is 0.675. The number of nitrogens with zero attached hydrogens (tertiary/aromatic N) is 3. The Morgan fingerprint density at radius 2 is 1.79 bits per heavy atom. The second-order valence-corrected chi connectivity index (χ2v) is 9.11. The van der Waals surface area contributed by atoms with Gasteiger partial charge in [0.15, 0.2) is 0 Å². The third-order valence-corrected chi connectivity index (χ3v) is 6.83. The molecule has 4 rings (SSSR count). The minimum Gasteiger partial charge on any atom is -0.419 e. The lowest BCUT2D eigenvalue weighted by Gasteiger charge is -2.20. The number of hydrogen-bond acceptors (Lipinski definition) is 5.